The summed E-state index contributed by atoms with van der Waals surface area (Å²) in [4.78, 5) is 0. The van der Waals surface area contributed by atoms with Crippen molar-refractivity contribution in [1.82, 2.24) is 9.88 Å². The lowest BCUT2D eigenvalue weighted by atomic mass is 10.0. The van der Waals surface area contributed by atoms with Gasteiger partial charge in [0.25, 0.3) is 0 Å². The van der Waals surface area contributed by atoms with Crippen LogP contribution in [0.4, 0.5) is 0 Å². The van der Waals surface area contributed by atoms with Crippen molar-refractivity contribution < 1.29 is 4.74 Å². The molecule has 0 amide bonds. The zero-order valence-corrected chi connectivity index (χ0v) is 10.8. The number of nitrogens with one attached hydrogen (secondary N) is 1. The Morgan fingerprint density at radius 1 is 1.41 bits per heavy atom. The second-order valence-electron chi connectivity index (χ2n) is 4.88. The van der Waals surface area contributed by atoms with Crippen molar-refractivity contribution in [2.24, 2.45) is 5.92 Å². The summed E-state index contributed by atoms with van der Waals surface area (Å²) in [6.45, 7) is 7.32. The zero-order chi connectivity index (χ0) is 11.9. The molecule has 0 saturated carbocycles. The van der Waals surface area contributed by atoms with Crippen molar-refractivity contribution in [3.8, 4) is 0 Å². The first-order chi connectivity index (χ1) is 8.40. The van der Waals surface area contributed by atoms with Gasteiger partial charge in [-0.15, -0.1) is 0 Å². The minimum absolute atomic E-state index is 0.793. The molecule has 3 nitrogen and oxygen atoms in total. The average Bonchev–Trinajstić information content (AvgIpc) is 2.79. The number of hydrogen-bond acceptors (Lipinski definition) is 2. The fraction of sp³-hybridized carbons (Fsp3) is 0.714. The minimum atomic E-state index is 0.793. The van der Waals surface area contributed by atoms with E-state index in [2.05, 4.69) is 35.1 Å². The summed E-state index contributed by atoms with van der Waals surface area (Å²) in [5.41, 5.74) is 1.41. The SMILES string of the molecule is CCCNCc1cccn1CC1CCOCC1. The van der Waals surface area contributed by atoms with Crippen LogP contribution in [0, 0.1) is 5.92 Å². The third-order valence-electron chi connectivity index (χ3n) is 3.45. The molecule has 2 heterocycles. The molecule has 2 rings (SSSR count). The van der Waals surface area contributed by atoms with E-state index in [4.69, 9.17) is 4.74 Å². The van der Waals surface area contributed by atoms with Crippen molar-refractivity contribution >= 4 is 0 Å². The Morgan fingerprint density at radius 3 is 3.00 bits per heavy atom. The molecule has 17 heavy (non-hydrogen) atoms. The van der Waals surface area contributed by atoms with Crippen LogP contribution in [-0.4, -0.2) is 24.3 Å². The van der Waals surface area contributed by atoms with E-state index in [-0.39, 0.29) is 0 Å². The number of rotatable bonds is 6. The number of hydrogen-bond donors (Lipinski definition) is 1. The van der Waals surface area contributed by atoms with Crippen molar-refractivity contribution in [1.29, 1.82) is 0 Å². The fourth-order valence-electron chi connectivity index (χ4n) is 2.39. The Kier molecular flexibility index (Phi) is 5.08. The van der Waals surface area contributed by atoms with Crippen molar-refractivity contribution in [2.75, 3.05) is 19.8 Å². The van der Waals surface area contributed by atoms with Crippen LogP contribution >= 0.6 is 0 Å². The van der Waals surface area contributed by atoms with E-state index in [0.29, 0.717) is 0 Å². The Balaban J connectivity index is 1.84. The molecule has 0 spiro atoms. The molecule has 1 N–H and O–H groups in total. The zero-order valence-electron chi connectivity index (χ0n) is 10.8. The molecule has 0 aromatic carbocycles. The molecule has 1 aromatic rings. The van der Waals surface area contributed by atoms with E-state index in [0.717, 1.165) is 38.8 Å². The molecular formula is C14H24N2O. The van der Waals surface area contributed by atoms with Gasteiger partial charge in [-0.1, -0.05) is 6.92 Å². The van der Waals surface area contributed by atoms with Gasteiger partial charge in [0, 0.05) is 38.2 Å². The number of ether oxygens (including phenoxy) is 1. The molecule has 96 valence electrons. The predicted octanol–water partition coefficient (Wildman–Crippen LogP) is 2.41. The molecule has 0 unspecified atom stereocenters. The highest BCUT2D eigenvalue weighted by Gasteiger charge is 2.14. The van der Waals surface area contributed by atoms with E-state index in [9.17, 15) is 0 Å². The van der Waals surface area contributed by atoms with Gasteiger partial charge in [0.05, 0.1) is 0 Å². The van der Waals surface area contributed by atoms with Gasteiger partial charge < -0.3 is 14.6 Å². The lowest BCUT2D eigenvalue weighted by Gasteiger charge is -2.23. The highest BCUT2D eigenvalue weighted by atomic mass is 16.5. The molecule has 0 radical (unpaired) electrons. The maximum atomic E-state index is 5.41. The van der Waals surface area contributed by atoms with Crippen LogP contribution in [-0.2, 0) is 17.8 Å². The van der Waals surface area contributed by atoms with Crippen molar-refractivity contribution in [3.05, 3.63) is 24.0 Å². The monoisotopic (exact) mass is 236 g/mol. The van der Waals surface area contributed by atoms with E-state index in [1.165, 1.54) is 25.0 Å². The molecule has 1 saturated heterocycles. The lowest BCUT2D eigenvalue weighted by Crippen LogP contribution is -2.22. The second-order valence-corrected chi connectivity index (χ2v) is 4.88. The first-order valence-electron chi connectivity index (χ1n) is 6.82. The van der Waals surface area contributed by atoms with Crippen LogP contribution in [0.3, 0.4) is 0 Å². The first-order valence-corrected chi connectivity index (χ1v) is 6.82. The largest absolute Gasteiger partial charge is 0.381 e. The molecule has 0 bridgehead atoms. The topological polar surface area (TPSA) is 26.2 Å². The maximum Gasteiger partial charge on any atom is 0.0469 e. The molecule has 1 aliphatic rings. The summed E-state index contributed by atoms with van der Waals surface area (Å²) in [6, 6.07) is 4.38. The van der Waals surface area contributed by atoms with Gasteiger partial charge in [-0.3, -0.25) is 0 Å². The Bertz CT molecular complexity index is 316. The van der Waals surface area contributed by atoms with Gasteiger partial charge in [-0.25, -0.2) is 0 Å². The van der Waals surface area contributed by atoms with Crippen LogP contribution in [0.5, 0.6) is 0 Å². The summed E-state index contributed by atoms with van der Waals surface area (Å²) < 4.78 is 7.81. The highest BCUT2D eigenvalue weighted by Crippen LogP contribution is 2.18. The summed E-state index contributed by atoms with van der Waals surface area (Å²) in [5, 5.41) is 3.47. The number of aromatic nitrogens is 1. The van der Waals surface area contributed by atoms with E-state index >= 15 is 0 Å². The van der Waals surface area contributed by atoms with Gasteiger partial charge in [-0.2, -0.15) is 0 Å². The van der Waals surface area contributed by atoms with Gasteiger partial charge in [0.1, 0.15) is 0 Å². The van der Waals surface area contributed by atoms with Crippen molar-refractivity contribution in [3.63, 3.8) is 0 Å². The normalized spacial score (nSPS) is 17.5. The highest BCUT2D eigenvalue weighted by molar-refractivity contribution is 5.07. The first kappa shape index (κ1) is 12.7. The molecule has 1 aliphatic heterocycles. The van der Waals surface area contributed by atoms with E-state index in [1.807, 2.05) is 0 Å². The summed E-state index contributed by atoms with van der Waals surface area (Å²) in [5.74, 6) is 0.793. The third kappa shape index (κ3) is 3.86. The second kappa shape index (κ2) is 6.82. The molecule has 1 aromatic heterocycles. The summed E-state index contributed by atoms with van der Waals surface area (Å²) in [7, 11) is 0. The van der Waals surface area contributed by atoms with Gasteiger partial charge in [0.15, 0.2) is 0 Å². The molecular weight excluding hydrogens is 212 g/mol. The molecule has 0 aliphatic carbocycles. The van der Waals surface area contributed by atoms with Crippen molar-refractivity contribution in [2.45, 2.75) is 39.3 Å². The minimum Gasteiger partial charge on any atom is -0.381 e. The third-order valence-corrected chi connectivity index (χ3v) is 3.45. The maximum absolute atomic E-state index is 5.41. The van der Waals surface area contributed by atoms with E-state index in [1.54, 1.807) is 0 Å². The summed E-state index contributed by atoms with van der Waals surface area (Å²) in [6.07, 6.45) is 5.82. The Hall–Kier alpha value is -0.800. The fourth-order valence-corrected chi connectivity index (χ4v) is 2.39. The molecule has 3 heteroatoms. The van der Waals surface area contributed by atoms with Crippen LogP contribution in [0.1, 0.15) is 31.9 Å². The molecule has 0 atom stereocenters. The smallest absolute Gasteiger partial charge is 0.0469 e. The van der Waals surface area contributed by atoms with Crippen LogP contribution in [0.25, 0.3) is 0 Å². The van der Waals surface area contributed by atoms with Gasteiger partial charge >= 0.3 is 0 Å². The van der Waals surface area contributed by atoms with Crippen LogP contribution in [0.2, 0.25) is 0 Å². The van der Waals surface area contributed by atoms with Crippen LogP contribution in [0.15, 0.2) is 18.3 Å². The quantitative estimate of drug-likeness (QED) is 0.768. The average molecular weight is 236 g/mol. The van der Waals surface area contributed by atoms with E-state index < -0.39 is 0 Å². The number of nitrogens with zero attached hydrogens (tertiary/aromatic N) is 1. The van der Waals surface area contributed by atoms with Gasteiger partial charge in [-0.05, 0) is 43.9 Å². The van der Waals surface area contributed by atoms with Crippen LogP contribution < -0.4 is 5.32 Å². The Labute approximate surface area is 104 Å². The Morgan fingerprint density at radius 2 is 2.24 bits per heavy atom. The van der Waals surface area contributed by atoms with Gasteiger partial charge in [0.2, 0.25) is 0 Å². The summed E-state index contributed by atoms with van der Waals surface area (Å²) >= 11 is 0. The standard InChI is InChI=1S/C14H24N2O/c1-2-7-15-11-14-4-3-8-16(14)12-13-5-9-17-10-6-13/h3-4,8,13,15H,2,5-7,9-12H2,1H3. The predicted molar refractivity (Wildman–Crippen MR) is 70.0 cm³/mol. The lowest BCUT2D eigenvalue weighted by molar-refractivity contribution is 0.0610. The molecule has 1 fully saturated rings.